The Bertz CT molecular complexity index is 389. The summed E-state index contributed by atoms with van der Waals surface area (Å²) in [5.41, 5.74) is 6.23. The Hall–Kier alpha value is -0.960. The molecular weight excluding hydrogens is 170 g/mol. The van der Waals surface area contributed by atoms with Gasteiger partial charge < -0.3 is 5.73 Å². The molecule has 1 unspecified atom stereocenters. The highest BCUT2D eigenvalue weighted by Crippen LogP contribution is 2.12. The highest BCUT2D eigenvalue weighted by atomic mass is 32.2. The lowest BCUT2D eigenvalue weighted by Crippen LogP contribution is -2.00. The minimum atomic E-state index is -1.98. The first-order chi connectivity index (χ1) is 5.56. The third-order valence-electron chi connectivity index (χ3n) is 1.78. The second kappa shape index (κ2) is 3.19. The van der Waals surface area contributed by atoms with E-state index in [-0.39, 0.29) is 0 Å². The molecule has 0 bridgehead atoms. The molecule has 0 spiro atoms. The van der Waals surface area contributed by atoms with Crippen LogP contribution in [0, 0.1) is 0 Å². The smallest absolute Gasteiger partial charge is 0.0325 e. The quantitative estimate of drug-likeness (QED) is 0.528. The fourth-order valence-electron chi connectivity index (χ4n) is 0.903. The number of rotatable bonds is 1. The predicted octanol–water partition coefficient (Wildman–Crippen LogP) is 1.36. The van der Waals surface area contributed by atoms with Crippen molar-refractivity contribution in [3.8, 4) is 0 Å². The summed E-state index contributed by atoms with van der Waals surface area (Å²) in [6.45, 7) is 1.80. The van der Waals surface area contributed by atoms with Gasteiger partial charge in [0.25, 0.3) is 0 Å². The summed E-state index contributed by atoms with van der Waals surface area (Å²) in [6, 6.07) is 7.19. The monoisotopic (exact) mass is 183 g/mol. The van der Waals surface area contributed by atoms with E-state index in [0.29, 0.717) is 5.69 Å². The van der Waals surface area contributed by atoms with Gasteiger partial charge in [-0.25, -0.2) is 0 Å². The van der Waals surface area contributed by atoms with Crippen LogP contribution in [0.1, 0.15) is 6.92 Å². The standard InChI is InChI=1S/C9H13NOS/c1-3-12(2,11)9-6-4-5-8(10)7-9/h3-7H,10H2,1-2H3. The average molecular weight is 183 g/mol. The molecule has 1 aromatic rings. The maximum Gasteiger partial charge on any atom is 0.0325 e. The Morgan fingerprint density at radius 2 is 2.17 bits per heavy atom. The van der Waals surface area contributed by atoms with E-state index < -0.39 is 9.52 Å². The van der Waals surface area contributed by atoms with E-state index in [1.165, 1.54) is 0 Å². The first-order valence-electron chi connectivity index (χ1n) is 3.70. The molecule has 0 aliphatic heterocycles. The molecule has 0 saturated heterocycles. The van der Waals surface area contributed by atoms with Gasteiger partial charge in [-0.05, 0) is 40.0 Å². The summed E-state index contributed by atoms with van der Waals surface area (Å²) in [6.07, 6.45) is 1.71. The van der Waals surface area contributed by atoms with Crippen LogP contribution in [0.5, 0.6) is 0 Å². The highest BCUT2D eigenvalue weighted by molar-refractivity contribution is 8.00. The van der Waals surface area contributed by atoms with Crippen LogP contribution in [0.3, 0.4) is 0 Å². The van der Waals surface area contributed by atoms with Gasteiger partial charge in [-0.1, -0.05) is 6.07 Å². The number of hydrogen-bond acceptors (Lipinski definition) is 2. The molecule has 66 valence electrons. The molecule has 1 aromatic carbocycles. The summed E-state index contributed by atoms with van der Waals surface area (Å²) in [5, 5.41) is 1.71. The van der Waals surface area contributed by atoms with Crippen LogP contribution in [0.15, 0.2) is 29.2 Å². The molecule has 2 nitrogen and oxygen atoms in total. The maximum absolute atomic E-state index is 11.8. The summed E-state index contributed by atoms with van der Waals surface area (Å²) >= 11 is 0. The van der Waals surface area contributed by atoms with Crippen molar-refractivity contribution in [1.82, 2.24) is 0 Å². The zero-order valence-electron chi connectivity index (χ0n) is 7.28. The molecule has 0 aliphatic carbocycles. The Labute approximate surface area is 73.4 Å². The second-order valence-electron chi connectivity index (χ2n) is 2.71. The minimum Gasteiger partial charge on any atom is -0.399 e. The molecule has 3 heteroatoms. The zero-order valence-corrected chi connectivity index (χ0v) is 8.10. The number of hydrogen-bond donors (Lipinski definition) is 1. The summed E-state index contributed by atoms with van der Waals surface area (Å²) in [5.74, 6) is 0. The summed E-state index contributed by atoms with van der Waals surface area (Å²) in [7, 11) is -1.98. The van der Waals surface area contributed by atoms with E-state index in [9.17, 15) is 4.21 Å². The fraction of sp³-hybridized carbons (Fsp3) is 0.222. The Balaban J connectivity index is 3.31. The van der Waals surface area contributed by atoms with Crippen molar-refractivity contribution < 1.29 is 4.21 Å². The zero-order chi connectivity index (χ0) is 9.19. The molecular formula is C9H13NOS. The van der Waals surface area contributed by atoms with Gasteiger partial charge in [-0.3, -0.25) is 4.21 Å². The van der Waals surface area contributed by atoms with Crippen molar-refractivity contribution in [3.63, 3.8) is 0 Å². The normalized spacial score (nSPS) is 15.2. The van der Waals surface area contributed by atoms with Crippen molar-refractivity contribution in [3.05, 3.63) is 24.3 Å². The van der Waals surface area contributed by atoms with Gasteiger partial charge in [-0.15, -0.1) is 0 Å². The van der Waals surface area contributed by atoms with Gasteiger partial charge in [0, 0.05) is 16.8 Å². The number of nitrogen functional groups attached to an aromatic ring is 1. The summed E-state index contributed by atoms with van der Waals surface area (Å²) in [4.78, 5) is 0.796. The largest absolute Gasteiger partial charge is 0.399 e. The first kappa shape index (κ1) is 9.13. The lowest BCUT2D eigenvalue weighted by molar-refractivity contribution is 0.684. The van der Waals surface area contributed by atoms with E-state index in [0.717, 1.165) is 4.90 Å². The van der Waals surface area contributed by atoms with Crippen molar-refractivity contribution >= 4 is 20.6 Å². The van der Waals surface area contributed by atoms with E-state index in [4.69, 9.17) is 5.73 Å². The fourth-order valence-corrected chi connectivity index (χ4v) is 1.89. The van der Waals surface area contributed by atoms with Gasteiger partial charge in [0.1, 0.15) is 0 Å². The Morgan fingerprint density at radius 1 is 1.50 bits per heavy atom. The SMILES string of the molecule is CC=S(C)(=O)c1cccc(N)c1. The van der Waals surface area contributed by atoms with Crippen LogP contribution in [0.2, 0.25) is 0 Å². The Morgan fingerprint density at radius 3 is 2.67 bits per heavy atom. The lowest BCUT2D eigenvalue weighted by Gasteiger charge is -2.04. The highest BCUT2D eigenvalue weighted by Gasteiger charge is 2.01. The predicted molar refractivity (Wildman–Crippen MR) is 54.9 cm³/mol. The van der Waals surface area contributed by atoms with Crippen LogP contribution < -0.4 is 5.73 Å². The van der Waals surface area contributed by atoms with Crippen LogP contribution in [0.4, 0.5) is 5.69 Å². The molecule has 0 amide bonds. The molecule has 2 N–H and O–H groups in total. The number of nitrogens with two attached hydrogens (primary N) is 1. The van der Waals surface area contributed by atoms with Crippen molar-refractivity contribution in [2.45, 2.75) is 11.8 Å². The maximum atomic E-state index is 11.8. The van der Waals surface area contributed by atoms with Gasteiger partial charge >= 0.3 is 0 Å². The van der Waals surface area contributed by atoms with Gasteiger partial charge in [0.05, 0.1) is 0 Å². The second-order valence-corrected chi connectivity index (χ2v) is 5.46. The lowest BCUT2D eigenvalue weighted by atomic mass is 10.3. The molecule has 1 atom stereocenters. The Kier molecular flexibility index (Phi) is 2.43. The molecule has 0 aliphatic rings. The molecule has 0 saturated carbocycles. The van der Waals surface area contributed by atoms with Gasteiger partial charge in [0.2, 0.25) is 0 Å². The third kappa shape index (κ3) is 1.80. The molecule has 0 radical (unpaired) electrons. The van der Waals surface area contributed by atoms with Gasteiger partial charge in [-0.2, -0.15) is 0 Å². The van der Waals surface area contributed by atoms with Crippen LogP contribution >= 0.6 is 0 Å². The van der Waals surface area contributed by atoms with Gasteiger partial charge in [0.15, 0.2) is 0 Å². The minimum absolute atomic E-state index is 0.656. The van der Waals surface area contributed by atoms with E-state index in [1.807, 2.05) is 12.1 Å². The molecule has 0 aromatic heterocycles. The van der Waals surface area contributed by atoms with Crippen molar-refractivity contribution in [2.75, 3.05) is 12.0 Å². The van der Waals surface area contributed by atoms with Crippen molar-refractivity contribution in [2.24, 2.45) is 0 Å². The van der Waals surface area contributed by atoms with Crippen molar-refractivity contribution in [1.29, 1.82) is 0 Å². The van der Waals surface area contributed by atoms with Crippen LogP contribution in [-0.4, -0.2) is 15.8 Å². The van der Waals surface area contributed by atoms with E-state index >= 15 is 0 Å². The molecule has 1 rings (SSSR count). The topological polar surface area (TPSA) is 43.1 Å². The number of anilines is 1. The third-order valence-corrected chi connectivity index (χ3v) is 3.87. The van der Waals surface area contributed by atoms with Crippen LogP contribution in [-0.2, 0) is 9.52 Å². The molecule has 0 fully saturated rings. The first-order valence-corrected chi connectivity index (χ1v) is 5.73. The summed E-state index contributed by atoms with van der Waals surface area (Å²) < 4.78 is 11.8. The molecule has 12 heavy (non-hydrogen) atoms. The van der Waals surface area contributed by atoms with Crippen LogP contribution in [0.25, 0.3) is 0 Å². The molecule has 0 heterocycles. The average Bonchev–Trinajstić information content (AvgIpc) is 2.05. The number of benzene rings is 1. The van der Waals surface area contributed by atoms with E-state index in [1.54, 1.807) is 30.7 Å². The van der Waals surface area contributed by atoms with E-state index in [2.05, 4.69) is 0 Å².